The van der Waals surface area contributed by atoms with Gasteiger partial charge in [-0.15, -0.1) is 0 Å². The lowest BCUT2D eigenvalue weighted by Gasteiger charge is -2.27. The van der Waals surface area contributed by atoms with Gasteiger partial charge < -0.3 is 15.0 Å². The molecule has 1 N–H and O–H groups in total. The second-order valence-electron chi connectivity index (χ2n) is 6.46. The second kappa shape index (κ2) is 7.00. The number of methoxy groups -OCH3 is 1. The minimum atomic E-state index is 0.0839. The Balaban J connectivity index is 1.98. The van der Waals surface area contributed by atoms with E-state index in [-0.39, 0.29) is 5.54 Å². The molecule has 0 bridgehead atoms. The molecule has 0 amide bonds. The molecule has 0 aliphatic carbocycles. The summed E-state index contributed by atoms with van der Waals surface area (Å²) in [5.41, 5.74) is 2.43. The third-order valence-electron chi connectivity index (χ3n) is 3.43. The molecule has 116 valence electrons. The summed E-state index contributed by atoms with van der Waals surface area (Å²) in [4.78, 5) is 11.3. The highest BCUT2D eigenvalue weighted by atomic mass is 16.5. The van der Waals surface area contributed by atoms with Crippen molar-refractivity contribution in [3.8, 4) is 0 Å². The zero-order valence-electron chi connectivity index (χ0n) is 13.5. The van der Waals surface area contributed by atoms with Gasteiger partial charge >= 0.3 is 0 Å². The fourth-order valence-electron chi connectivity index (χ4n) is 2.22. The van der Waals surface area contributed by atoms with Crippen molar-refractivity contribution in [1.29, 1.82) is 0 Å². The molecule has 1 aromatic heterocycles. The molecular formula is C16H26N4O. The number of hydrogen-bond acceptors (Lipinski definition) is 5. The van der Waals surface area contributed by atoms with Gasteiger partial charge in [0.05, 0.1) is 18.5 Å². The maximum Gasteiger partial charge on any atom is 0.147 e. The smallest absolute Gasteiger partial charge is 0.147 e. The van der Waals surface area contributed by atoms with Crippen LogP contribution in [0.5, 0.6) is 0 Å². The van der Waals surface area contributed by atoms with E-state index in [0.717, 1.165) is 44.2 Å². The topological polar surface area (TPSA) is 50.3 Å². The molecule has 1 aromatic rings. The molecule has 0 atom stereocenters. The van der Waals surface area contributed by atoms with Gasteiger partial charge in [-0.25, -0.2) is 4.98 Å². The van der Waals surface area contributed by atoms with E-state index in [1.54, 1.807) is 7.11 Å². The van der Waals surface area contributed by atoms with Crippen LogP contribution in [-0.2, 0) is 11.3 Å². The molecule has 5 nitrogen and oxygen atoms in total. The van der Waals surface area contributed by atoms with Crippen molar-refractivity contribution in [1.82, 2.24) is 15.3 Å². The number of nitrogens with one attached hydrogen (secondary N) is 1. The number of anilines is 1. The van der Waals surface area contributed by atoms with Crippen LogP contribution in [0.2, 0.25) is 0 Å². The van der Waals surface area contributed by atoms with Crippen LogP contribution >= 0.6 is 0 Å². The van der Waals surface area contributed by atoms with Crippen molar-refractivity contribution in [3.63, 3.8) is 0 Å². The average molecular weight is 290 g/mol. The number of rotatable bonds is 5. The fourth-order valence-corrected chi connectivity index (χ4v) is 2.22. The molecule has 2 heterocycles. The summed E-state index contributed by atoms with van der Waals surface area (Å²) in [6.45, 7) is 9.77. The highest BCUT2D eigenvalue weighted by molar-refractivity contribution is 5.39. The van der Waals surface area contributed by atoms with Crippen molar-refractivity contribution in [2.75, 3.05) is 31.7 Å². The monoisotopic (exact) mass is 290 g/mol. The van der Waals surface area contributed by atoms with Gasteiger partial charge in [-0.3, -0.25) is 4.98 Å². The van der Waals surface area contributed by atoms with E-state index in [1.165, 1.54) is 5.57 Å². The van der Waals surface area contributed by atoms with Crippen LogP contribution in [-0.4, -0.2) is 42.3 Å². The molecule has 1 aliphatic rings. The Kier molecular flexibility index (Phi) is 5.31. The fraction of sp³-hybridized carbons (Fsp3) is 0.625. The minimum absolute atomic E-state index is 0.0839. The van der Waals surface area contributed by atoms with E-state index < -0.39 is 0 Å². The quantitative estimate of drug-likeness (QED) is 0.842. The van der Waals surface area contributed by atoms with E-state index in [2.05, 4.69) is 42.0 Å². The zero-order chi connectivity index (χ0) is 15.3. The van der Waals surface area contributed by atoms with Gasteiger partial charge in [-0.1, -0.05) is 6.08 Å². The van der Waals surface area contributed by atoms with Gasteiger partial charge in [0.25, 0.3) is 0 Å². The maximum absolute atomic E-state index is 5.18. The maximum atomic E-state index is 5.18. The summed E-state index contributed by atoms with van der Waals surface area (Å²) >= 11 is 0. The Bertz CT molecular complexity index is 493. The normalized spacial score (nSPS) is 16.0. The first kappa shape index (κ1) is 15.9. The van der Waals surface area contributed by atoms with Crippen molar-refractivity contribution in [2.24, 2.45) is 0 Å². The van der Waals surface area contributed by atoms with Crippen LogP contribution in [0.25, 0.3) is 0 Å². The van der Waals surface area contributed by atoms with E-state index >= 15 is 0 Å². The molecule has 2 rings (SSSR count). The van der Waals surface area contributed by atoms with Gasteiger partial charge in [-0.2, -0.15) is 0 Å². The largest absolute Gasteiger partial charge is 0.380 e. The first-order chi connectivity index (χ1) is 9.98. The van der Waals surface area contributed by atoms with Gasteiger partial charge in [0.15, 0.2) is 0 Å². The van der Waals surface area contributed by atoms with Crippen molar-refractivity contribution in [3.05, 3.63) is 29.7 Å². The van der Waals surface area contributed by atoms with E-state index in [9.17, 15) is 0 Å². The summed E-state index contributed by atoms with van der Waals surface area (Å²) < 4.78 is 5.18. The van der Waals surface area contributed by atoms with Crippen LogP contribution in [0.3, 0.4) is 0 Å². The van der Waals surface area contributed by atoms with Crippen LogP contribution in [0.15, 0.2) is 24.0 Å². The highest BCUT2D eigenvalue weighted by Gasteiger charge is 2.15. The number of aromatic nitrogens is 2. The number of ether oxygens (including phenoxy) is 1. The molecule has 5 heteroatoms. The summed E-state index contributed by atoms with van der Waals surface area (Å²) in [6, 6.07) is 0. The SMILES string of the molecule is COCC1=CCN(c2cncc(CNC(C)(C)C)n2)CC1. The minimum Gasteiger partial charge on any atom is -0.380 e. The molecule has 0 spiro atoms. The van der Waals surface area contributed by atoms with Gasteiger partial charge in [0.1, 0.15) is 5.82 Å². The lowest BCUT2D eigenvalue weighted by atomic mass is 10.1. The van der Waals surface area contributed by atoms with Gasteiger partial charge in [-0.05, 0) is 32.8 Å². The molecular weight excluding hydrogens is 264 g/mol. The first-order valence-electron chi connectivity index (χ1n) is 7.46. The van der Waals surface area contributed by atoms with Crippen LogP contribution in [0.4, 0.5) is 5.82 Å². The Labute approximate surface area is 127 Å². The molecule has 0 unspecified atom stereocenters. The van der Waals surface area contributed by atoms with Crippen molar-refractivity contribution < 1.29 is 4.74 Å². The van der Waals surface area contributed by atoms with Crippen LogP contribution in [0, 0.1) is 0 Å². The molecule has 0 radical (unpaired) electrons. The Morgan fingerprint density at radius 3 is 2.76 bits per heavy atom. The molecule has 1 aliphatic heterocycles. The standard InChI is InChI=1S/C16H26N4O/c1-16(2,3)18-10-14-9-17-11-15(19-14)20-7-5-13(6-8-20)12-21-4/h5,9,11,18H,6-8,10,12H2,1-4H3. The Morgan fingerprint density at radius 2 is 2.14 bits per heavy atom. The Hall–Kier alpha value is -1.46. The lowest BCUT2D eigenvalue weighted by Crippen LogP contribution is -2.35. The van der Waals surface area contributed by atoms with Crippen molar-refractivity contribution in [2.45, 2.75) is 39.3 Å². The van der Waals surface area contributed by atoms with E-state index in [1.807, 2.05) is 12.4 Å². The van der Waals surface area contributed by atoms with Crippen LogP contribution in [0.1, 0.15) is 32.9 Å². The van der Waals surface area contributed by atoms with Gasteiger partial charge in [0, 0.05) is 38.5 Å². The molecule has 21 heavy (non-hydrogen) atoms. The highest BCUT2D eigenvalue weighted by Crippen LogP contribution is 2.17. The summed E-state index contributed by atoms with van der Waals surface area (Å²) in [6.07, 6.45) is 6.93. The predicted octanol–water partition coefficient (Wildman–Crippen LogP) is 2.15. The lowest BCUT2D eigenvalue weighted by molar-refractivity contribution is 0.222. The third-order valence-corrected chi connectivity index (χ3v) is 3.43. The molecule has 0 fully saturated rings. The first-order valence-corrected chi connectivity index (χ1v) is 7.46. The third kappa shape index (κ3) is 5.10. The van der Waals surface area contributed by atoms with Crippen LogP contribution < -0.4 is 10.2 Å². The summed E-state index contributed by atoms with van der Waals surface area (Å²) in [7, 11) is 1.74. The zero-order valence-corrected chi connectivity index (χ0v) is 13.5. The average Bonchev–Trinajstić information content (AvgIpc) is 2.46. The number of hydrogen-bond donors (Lipinski definition) is 1. The Morgan fingerprint density at radius 1 is 1.33 bits per heavy atom. The molecule has 0 saturated carbocycles. The number of nitrogens with zero attached hydrogens (tertiary/aromatic N) is 3. The van der Waals surface area contributed by atoms with Gasteiger partial charge in [0.2, 0.25) is 0 Å². The van der Waals surface area contributed by atoms with Crippen molar-refractivity contribution >= 4 is 5.82 Å². The molecule has 0 aromatic carbocycles. The van der Waals surface area contributed by atoms with E-state index in [0.29, 0.717) is 0 Å². The summed E-state index contributed by atoms with van der Waals surface area (Å²) in [5, 5.41) is 3.44. The predicted molar refractivity (Wildman–Crippen MR) is 85.4 cm³/mol. The molecule has 0 saturated heterocycles. The van der Waals surface area contributed by atoms with E-state index in [4.69, 9.17) is 9.72 Å². The summed E-state index contributed by atoms with van der Waals surface area (Å²) in [5.74, 6) is 0.955. The second-order valence-corrected chi connectivity index (χ2v) is 6.46.